The van der Waals surface area contributed by atoms with E-state index in [9.17, 15) is 18.0 Å². The largest absolute Gasteiger partial charge is 0.352 e. The van der Waals surface area contributed by atoms with E-state index in [2.05, 4.69) is 10.3 Å². The van der Waals surface area contributed by atoms with Gasteiger partial charge in [-0.2, -0.15) is 0 Å². The maximum atomic E-state index is 12.4. The summed E-state index contributed by atoms with van der Waals surface area (Å²) in [6.45, 7) is 1.99. The molecule has 0 unspecified atom stereocenters. The summed E-state index contributed by atoms with van der Waals surface area (Å²) in [7, 11) is -3.68. The first-order valence-corrected chi connectivity index (χ1v) is 11.0. The molecule has 2 aromatic rings. The third-order valence-corrected chi connectivity index (χ3v) is 5.09. The Hall–Kier alpha value is -2.85. The Bertz CT molecular complexity index is 1010. The number of urea groups is 1. The van der Waals surface area contributed by atoms with E-state index in [0.717, 1.165) is 11.9 Å². The van der Waals surface area contributed by atoms with Crippen LogP contribution in [-0.4, -0.2) is 62.7 Å². The van der Waals surface area contributed by atoms with Gasteiger partial charge < -0.3 is 15.1 Å². The second-order valence-corrected chi connectivity index (χ2v) is 8.66. The minimum absolute atomic E-state index is 0.0463. The van der Waals surface area contributed by atoms with E-state index >= 15 is 0 Å². The van der Waals surface area contributed by atoms with Crippen molar-refractivity contribution in [3.63, 3.8) is 0 Å². The normalized spacial score (nSPS) is 14.4. The molecule has 1 aromatic heterocycles. The molecular formula is C18H20ClN5O4S. The van der Waals surface area contributed by atoms with Gasteiger partial charge in [-0.15, -0.1) is 0 Å². The molecule has 1 fully saturated rings. The molecule has 1 aromatic carbocycles. The van der Waals surface area contributed by atoms with Crippen molar-refractivity contribution in [1.82, 2.24) is 14.6 Å². The van der Waals surface area contributed by atoms with E-state index in [1.807, 2.05) is 40.0 Å². The number of pyridine rings is 1. The number of nitrogens with zero attached hydrogens (tertiary/aromatic N) is 3. The molecule has 2 heterocycles. The van der Waals surface area contributed by atoms with Gasteiger partial charge in [0.25, 0.3) is 5.91 Å². The molecule has 29 heavy (non-hydrogen) atoms. The molecule has 3 rings (SSSR count). The average Bonchev–Trinajstić information content (AvgIpc) is 2.67. The van der Waals surface area contributed by atoms with Crippen LogP contribution in [0.15, 0.2) is 42.6 Å². The molecule has 1 aliphatic heterocycles. The predicted molar refractivity (Wildman–Crippen MR) is 111 cm³/mol. The maximum absolute atomic E-state index is 12.4. The number of carbonyl (C=O) groups excluding carboxylic acids is 2. The number of halogens is 1. The fourth-order valence-electron chi connectivity index (χ4n) is 2.86. The van der Waals surface area contributed by atoms with Gasteiger partial charge in [-0.1, -0.05) is 29.8 Å². The van der Waals surface area contributed by atoms with Gasteiger partial charge in [-0.3, -0.25) is 4.79 Å². The molecule has 2 N–H and O–H groups in total. The Labute approximate surface area is 173 Å². The van der Waals surface area contributed by atoms with Crippen LogP contribution in [0, 0.1) is 0 Å². The number of aromatic nitrogens is 1. The first-order chi connectivity index (χ1) is 13.7. The Kier molecular flexibility index (Phi) is 6.23. The summed E-state index contributed by atoms with van der Waals surface area (Å²) in [6, 6.07) is 10.4. The van der Waals surface area contributed by atoms with E-state index < -0.39 is 15.9 Å². The van der Waals surface area contributed by atoms with Crippen molar-refractivity contribution >= 4 is 45.1 Å². The second-order valence-electron chi connectivity index (χ2n) is 6.50. The number of sulfonamides is 1. The highest BCUT2D eigenvalue weighted by Gasteiger charge is 2.24. The zero-order valence-electron chi connectivity index (χ0n) is 15.6. The molecule has 3 amide bonds. The van der Waals surface area contributed by atoms with Crippen LogP contribution in [0.5, 0.6) is 0 Å². The number of hydrogen-bond donors (Lipinski definition) is 2. The monoisotopic (exact) mass is 437 g/mol. The van der Waals surface area contributed by atoms with Gasteiger partial charge in [0.2, 0.25) is 10.0 Å². The molecule has 0 spiro atoms. The van der Waals surface area contributed by atoms with Gasteiger partial charge in [0.1, 0.15) is 5.82 Å². The highest BCUT2D eigenvalue weighted by atomic mass is 35.5. The second kappa shape index (κ2) is 8.66. The molecule has 0 radical (unpaired) electrons. The number of benzene rings is 1. The van der Waals surface area contributed by atoms with Crippen molar-refractivity contribution in [2.24, 2.45) is 0 Å². The topological polar surface area (TPSA) is 112 Å². The number of hydrogen-bond acceptors (Lipinski definition) is 6. The van der Waals surface area contributed by atoms with E-state index in [1.165, 1.54) is 12.3 Å². The molecular weight excluding hydrogens is 418 g/mol. The fourth-order valence-corrected chi connectivity index (χ4v) is 3.60. The third kappa shape index (κ3) is 5.58. The molecule has 11 heteroatoms. The summed E-state index contributed by atoms with van der Waals surface area (Å²) in [5.41, 5.74) is 0.776. The highest BCUT2D eigenvalue weighted by Crippen LogP contribution is 2.25. The molecule has 1 aliphatic rings. The van der Waals surface area contributed by atoms with E-state index in [4.69, 9.17) is 11.6 Å². The lowest BCUT2D eigenvalue weighted by atomic mass is 10.2. The number of nitrogens with one attached hydrogen (secondary N) is 2. The summed E-state index contributed by atoms with van der Waals surface area (Å²) >= 11 is 6.26. The predicted octanol–water partition coefficient (Wildman–Crippen LogP) is 1.78. The van der Waals surface area contributed by atoms with Gasteiger partial charge in [-0.05, 0) is 18.2 Å². The number of para-hydroxylation sites is 1. The van der Waals surface area contributed by atoms with Crippen molar-refractivity contribution in [3.05, 3.63) is 53.2 Å². The van der Waals surface area contributed by atoms with Crippen LogP contribution in [-0.2, 0) is 10.0 Å². The lowest BCUT2D eigenvalue weighted by Crippen LogP contribution is -2.50. The summed E-state index contributed by atoms with van der Waals surface area (Å²) in [4.78, 5) is 32.1. The number of anilines is 2. The quantitative estimate of drug-likeness (QED) is 0.754. The van der Waals surface area contributed by atoms with Crippen molar-refractivity contribution in [2.45, 2.75) is 0 Å². The summed E-state index contributed by atoms with van der Waals surface area (Å²) in [6.07, 6.45) is 2.16. The summed E-state index contributed by atoms with van der Waals surface area (Å²) in [5, 5.41) is 3.08. The SMILES string of the molecule is CS(=O)(=O)NC(=O)c1cnc(N2CCN(C(=O)Nc3ccccc3)CC2)c(Cl)c1. The molecule has 0 bridgehead atoms. The van der Waals surface area contributed by atoms with Gasteiger partial charge >= 0.3 is 6.03 Å². The molecule has 0 aliphatic carbocycles. The number of carbonyl (C=O) groups is 2. The first-order valence-electron chi connectivity index (χ1n) is 8.76. The lowest BCUT2D eigenvalue weighted by Gasteiger charge is -2.35. The zero-order valence-corrected chi connectivity index (χ0v) is 17.2. The Balaban J connectivity index is 1.60. The van der Waals surface area contributed by atoms with E-state index in [0.29, 0.717) is 32.0 Å². The summed E-state index contributed by atoms with van der Waals surface area (Å²) < 4.78 is 24.2. The van der Waals surface area contributed by atoms with E-state index in [1.54, 1.807) is 4.90 Å². The number of piperazine rings is 1. The highest BCUT2D eigenvalue weighted by molar-refractivity contribution is 7.89. The van der Waals surface area contributed by atoms with Gasteiger partial charge in [0.15, 0.2) is 0 Å². The van der Waals surface area contributed by atoms with Crippen molar-refractivity contribution in [3.8, 4) is 0 Å². The van der Waals surface area contributed by atoms with Crippen molar-refractivity contribution < 1.29 is 18.0 Å². The van der Waals surface area contributed by atoms with Gasteiger partial charge in [-0.25, -0.2) is 22.9 Å². The Morgan fingerprint density at radius 2 is 1.76 bits per heavy atom. The molecule has 9 nitrogen and oxygen atoms in total. The smallest absolute Gasteiger partial charge is 0.321 e. The van der Waals surface area contributed by atoms with Gasteiger partial charge in [0, 0.05) is 38.1 Å². The standard InChI is InChI=1S/C18H20ClN5O4S/c1-29(27,28)22-17(25)13-11-15(19)16(20-12-13)23-7-9-24(10-8-23)18(26)21-14-5-3-2-4-6-14/h2-6,11-12H,7-10H2,1H3,(H,21,26)(H,22,25). The average molecular weight is 438 g/mol. The van der Waals surface area contributed by atoms with Crippen molar-refractivity contribution in [2.75, 3.05) is 42.7 Å². The van der Waals surface area contributed by atoms with E-state index in [-0.39, 0.29) is 16.6 Å². The van der Waals surface area contributed by atoms with Crippen molar-refractivity contribution in [1.29, 1.82) is 0 Å². The number of amides is 3. The van der Waals surface area contributed by atoms with Crippen LogP contribution in [0.2, 0.25) is 5.02 Å². The van der Waals surface area contributed by atoms with Crippen LogP contribution in [0.3, 0.4) is 0 Å². The lowest BCUT2D eigenvalue weighted by molar-refractivity contribution is 0.0981. The first kappa shape index (κ1) is 20.9. The number of rotatable bonds is 4. The van der Waals surface area contributed by atoms with Gasteiger partial charge in [0.05, 0.1) is 16.8 Å². The van der Waals surface area contributed by atoms with Crippen LogP contribution in [0.25, 0.3) is 0 Å². The van der Waals surface area contributed by atoms with Crippen LogP contribution in [0.1, 0.15) is 10.4 Å². The Morgan fingerprint density at radius 1 is 1.10 bits per heavy atom. The Morgan fingerprint density at radius 3 is 2.34 bits per heavy atom. The fraction of sp³-hybridized carbons (Fsp3) is 0.278. The maximum Gasteiger partial charge on any atom is 0.321 e. The van der Waals surface area contributed by atoms with Crippen LogP contribution in [0.4, 0.5) is 16.3 Å². The minimum atomic E-state index is -3.68. The molecule has 1 saturated heterocycles. The molecule has 0 atom stereocenters. The van der Waals surface area contributed by atoms with Crippen LogP contribution < -0.4 is 14.9 Å². The summed E-state index contributed by atoms with van der Waals surface area (Å²) in [5.74, 6) is -0.318. The van der Waals surface area contributed by atoms with Crippen LogP contribution >= 0.6 is 11.6 Å². The molecule has 0 saturated carbocycles. The molecule has 154 valence electrons. The zero-order chi connectivity index (χ0) is 21.0. The third-order valence-electron chi connectivity index (χ3n) is 4.25. The minimum Gasteiger partial charge on any atom is -0.352 e.